The van der Waals surface area contributed by atoms with E-state index in [1.165, 1.54) is 180 Å². The van der Waals surface area contributed by atoms with Gasteiger partial charge in [0.2, 0.25) is 0 Å². The molecular weight excluding hydrogens is 1020 g/mol. The van der Waals surface area contributed by atoms with Crippen molar-refractivity contribution in [3.8, 4) is 0 Å². The molecule has 0 aromatic carbocycles. The minimum atomic E-state index is -0.814. The largest absolute Gasteiger partial charge is 0.462 e. The van der Waals surface area contributed by atoms with Gasteiger partial charge in [-0.3, -0.25) is 14.4 Å². The lowest BCUT2D eigenvalue weighted by Gasteiger charge is -2.18. The van der Waals surface area contributed by atoms with Crippen LogP contribution in [-0.2, 0) is 28.6 Å². The molecule has 0 saturated heterocycles. The Morgan fingerprint density at radius 2 is 0.494 bits per heavy atom. The third-order valence-electron chi connectivity index (χ3n) is 15.0. The van der Waals surface area contributed by atoms with Crippen LogP contribution in [0, 0.1) is 0 Å². The van der Waals surface area contributed by atoms with Gasteiger partial charge in [-0.25, -0.2) is 0 Å². The van der Waals surface area contributed by atoms with Crippen molar-refractivity contribution in [2.24, 2.45) is 0 Å². The predicted octanol–water partition coefficient (Wildman–Crippen LogP) is 24.3. The number of hydrogen-bond donors (Lipinski definition) is 0. The molecule has 0 N–H and O–H groups in total. The summed E-state index contributed by atoms with van der Waals surface area (Å²) >= 11 is 0. The zero-order valence-electron chi connectivity index (χ0n) is 54.4. The first-order chi connectivity index (χ1) is 41.0. The van der Waals surface area contributed by atoms with E-state index >= 15 is 0 Å². The number of hydrogen-bond acceptors (Lipinski definition) is 6. The van der Waals surface area contributed by atoms with Gasteiger partial charge >= 0.3 is 17.9 Å². The molecule has 0 aromatic rings. The second-order valence-corrected chi connectivity index (χ2v) is 23.0. The summed E-state index contributed by atoms with van der Waals surface area (Å²) in [7, 11) is 0. The van der Waals surface area contributed by atoms with E-state index in [2.05, 4.69) is 136 Å². The van der Waals surface area contributed by atoms with E-state index < -0.39 is 6.10 Å². The number of esters is 3. The Balaban J connectivity index is 4.44. The van der Waals surface area contributed by atoms with E-state index in [0.29, 0.717) is 19.3 Å². The maximum Gasteiger partial charge on any atom is 0.306 e. The van der Waals surface area contributed by atoms with E-state index in [0.717, 1.165) is 103 Å². The van der Waals surface area contributed by atoms with Gasteiger partial charge in [-0.15, -0.1) is 0 Å². The summed E-state index contributed by atoms with van der Waals surface area (Å²) in [6.07, 6.45) is 98.0. The Bertz CT molecular complexity index is 1700. The molecule has 0 amide bonds. The molecule has 0 aliphatic rings. The first kappa shape index (κ1) is 78.8. The second kappa shape index (κ2) is 70.3. The molecular formula is C77H130O6. The number of carbonyl (C=O) groups is 3. The lowest BCUT2D eigenvalue weighted by Crippen LogP contribution is -2.30. The molecule has 83 heavy (non-hydrogen) atoms. The van der Waals surface area contributed by atoms with Gasteiger partial charge in [-0.1, -0.05) is 335 Å². The third kappa shape index (κ3) is 68.5. The van der Waals surface area contributed by atoms with Crippen LogP contribution in [0.4, 0.5) is 0 Å². The van der Waals surface area contributed by atoms with Crippen molar-refractivity contribution in [2.75, 3.05) is 13.2 Å². The Labute approximate surface area is 513 Å². The van der Waals surface area contributed by atoms with Crippen LogP contribution in [0.1, 0.15) is 329 Å². The number of allylic oxidation sites excluding steroid dienone is 20. The fourth-order valence-electron chi connectivity index (χ4n) is 9.82. The van der Waals surface area contributed by atoms with Gasteiger partial charge in [0, 0.05) is 19.3 Å². The monoisotopic (exact) mass is 1150 g/mol. The molecule has 1 unspecified atom stereocenters. The van der Waals surface area contributed by atoms with Crippen molar-refractivity contribution in [2.45, 2.75) is 335 Å². The molecule has 6 nitrogen and oxygen atoms in total. The SMILES string of the molecule is CC/C=C\C/C=C\C/C=C\C/C=C\C/C=C\C/C=C\CCC(=O)OCC(COC(=O)CCCCCCCCCCCC/C=C\C/C=C\C/C=C\C/C=C\CC)OC(=O)CCCCCCCCCCCCCCCCCCCCCCCCC. The summed E-state index contributed by atoms with van der Waals surface area (Å²) in [5, 5.41) is 0. The highest BCUT2D eigenvalue weighted by Gasteiger charge is 2.19. The van der Waals surface area contributed by atoms with Gasteiger partial charge in [0.25, 0.3) is 0 Å². The highest BCUT2D eigenvalue weighted by atomic mass is 16.6. The van der Waals surface area contributed by atoms with E-state index in [9.17, 15) is 14.4 Å². The van der Waals surface area contributed by atoms with Crippen LogP contribution in [0.2, 0.25) is 0 Å². The highest BCUT2D eigenvalue weighted by Crippen LogP contribution is 2.17. The minimum Gasteiger partial charge on any atom is -0.462 e. The summed E-state index contributed by atoms with van der Waals surface area (Å²) in [4.78, 5) is 38.5. The van der Waals surface area contributed by atoms with Crippen LogP contribution in [0.25, 0.3) is 0 Å². The molecule has 0 radical (unpaired) electrons. The van der Waals surface area contributed by atoms with Gasteiger partial charge in [0.15, 0.2) is 6.10 Å². The lowest BCUT2D eigenvalue weighted by atomic mass is 10.0. The smallest absolute Gasteiger partial charge is 0.306 e. The molecule has 0 aliphatic carbocycles. The quantitative estimate of drug-likeness (QED) is 0.0261. The molecule has 0 bridgehead atoms. The van der Waals surface area contributed by atoms with Crippen LogP contribution in [0.15, 0.2) is 122 Å². The molecule has 0 saturated carbocycles. The molecule has 0 rings (SSSR count). The average molecular weight is 1150 g/mol. The van der Waals surface area contributed by atoms with Crippen molar-refractivity contribution >= 4 is 17.9 Å². The second-order valence-electron chi connectivity index (χ2n) is 23.0. The van der Waals surface area contributed by atoms with Crippen molar-refractivity contribution in [3.05, 3.63) is 122 Å². The molecule has 0 fully saturated rings. The van der Waals surface area contributed by atoms with Crippen molar-refractivity contribution in [1.82, 2.24) is 0 Å². The van der Waals surface area contributed by atoms with Crippen molar-refractivity contribution < 1.29 is 28.6 Å². The van der Waals surface area contributed by atoms with E-state index in [-0.39, 0.29) is 37.5 Å². The first-order valence-electron chi connectivity index (χ1n) is 35.0. The molecule has 0 aliphatic heterocycles. The van der Waals surface area contributed by atoms with Crippen LogP contribution in [0.3, 0.4) is 0 Å². The zero-order valence-corrected chi connectivity index (χ0v) is 54.4. The Morgan fingerprint density at radius 1 is 0.253 bits per heavy atom. The van der Waals surface area contributed by atoms with E-state index in [4.69, 9.17) is 14.2 Å². The molecule has 474 valence electrons. The molecule has 0 aromatic heterocycles. The zero-order chi connectivity index (χ0) is 59.9. The Hall–Kier alpha value is -4.19. The van der Waals surface area contributed by atoms with Gasteiger partial charge in [0.05, 0.1) is 0 Å². The number of unbranched alkanes of at least 4 members (excludes halogenated alkanes) is 32. The maximum atomic E-state index is 13.0. The highest BCUT2D eigenvalue weighted by molar-refractivity contribution is 5.71. The maximum absolute atomic E-state index is 13.0. The summed E-state index contributed by atoms with van der Waals surface area (Å²) < 4.78 is 16.9. The number of ether oxygens (including phenoxy) is 3. The van der Waals surface area contributed by atoms with Crippen molar-refractivity contribution in [3.63, 3.8) is 0 Å². The van der Waals surface area contributed by atoms with Crippen LogP contribution in [0.5, 0.6) is 0 Å². The summed E-state index contributed by atoms with van der Waals surface area (Å²) in [5.74, 6) is -0.982. The molecule has 0 spiro atoms. The van der Waals surface area contributed by atoms with Crippen LogP contribution >= 0.6 is 0 Å². The standard InChI is InChI=1S/C77H130O6/c1-4-7-10-13-16-19-22-25-28-31-34-36-38-40-43-46-49-52-55-58-61-64-67-70-76(79)82-73-74(72-81-75(78)69-66-63-60-57-54-51-48-45-42-33-30-27-24-21-18-15-12-9-6-3)83-77(80)71-68-65-62-59-56-53-50-47-44-41-39-37-35-32-29-26-23-20-17-14-11-8-5-2/h7,9-10,12,16,18-19,21,25,27-28,30,34,36,42,45,51,54,60,63,74H,4-6,8,11,13-15,17,20,22-24,26,29,31-33,35,37-41,43-44,46-50,52-53,55-59,61-62,64-73H2,1-3H3/b10-7-,12-9-,19-16-,21-18-,28-25-,30-27-,36-34-,45-42-,54-51-,63-60-. The fraction of sp³-hybridized carbons (Fsp3) is 0.701. The predicted molar refractivity (Wildman–Crippen MR) is 362 cm³/mol. The Morgan fingerprint density at radius 3 is 0.807 bits per heavy atom. The topological polar surface area (TPSA) is 78.9 Å². The van der Waals surface area contributed by atoms with Crippen LogP contribution < -0.4 is 0 Å². The normalized spacial score (nSPS) is 12.9. The molecule has 0 heterocycles. The minimum absolute atomic E-state index is 0.103. The molecule has 1 atom stereocenters. The summed E-state index contributed by atoms with van der Waals surface area (Å²) in [6, 6.07) is 0. The molecule has 6 heteroatoms. The first-order valence-corrected chi connectivity index (χ1v) is 35.0. The van der Waals surface area contributed by atoms with Gasteiger partial charge in [-0.2, -0.15) is 0 Å². The van der Waals surface area contributed by atoms with E-state index in [1.807, 2.05) is 6.08 Å². The average Bonchev–Trinajstić information content (AvgIpc) is 3.49. The number of carbonyl (C=O) groups excluding carboxylic acids is 3. The number of rotatable bonds is 63. The van der Waals surface area contributed by atoms with E-state index in [1.54, 1.807) is 0 Å². The van der Waals surface area contributed by atoms with Gasteiger partial charge < -0.3 is 14.2 Å². The van der Waals surface area contributed by atoms with Gasteiger partial charge in [0.1, 0.15) is 13.2 Å². The summed E-state index contributed by atoms with van der Waals surface area (Å²) in [5.41, 5.74) is 0. The van der Waals surface area contributed by atoms with Crippen molar-refractivity contribution in [1.29, 1.82) is 0 Å². The van der Waals surface area contributed by atoms with Crippen LogP contribution in [-0.4, -0.2) is 37.2 Å². The fourth-order valence-corrected chi connectivity index (χ4v) is 9.82. The summed E-state index contributed by atoms with van der Waals surface area (Å²) in [6.45, 7) is 6.39. The van der Waals surface area contributed by atoms with Gasteiger partial charge in [-0.05, 0) is 96.3 Å². The third-order valence-corrected chi connectivity index (χ3v) is 15.0. The Kier molecular flexibility index (Phi) is 66.7. The lowest BCUT2D eigenvalue weighted by molar-refractivity contribution is -0.166.